The van der Waals surface area contributed by atoms with E-state index in [1.165, 1.54) is 11.3 Å². The van der Waals surface area contributed by atoms with Crippen molar-refractivity contribution in [1.82, 2.24) is 25.3 Å². The van der Waals surface area contributed by atoms with E-state index >= 15 is 0 Å². The van der Waals surface area contributed by atoms with Crippen LogP contribution in [0.3, 0.4) is 0 Å². The molecule has 9 heteroatoms. The summed E-state index contributed by atoms with van der Waals surface area (Å²) in [7, 11) is 1.99. The topological polar surface area (TPSA) is 71.2 Å². The average Bonchev–Trinajstić information content (AvgIpc) is 3.12. The summed E-state index contributed by atoms with van der Waals surface area (Å²) in [5, 5.41) is 16.6. The van der Waals surface area contributed by atoms with Gasteiger partial charge in [0.2, 0.25) is 5.89 Å². The van der Waals surface area contributed by atoms with E-state index in [0.717, 1.165) is 5.01 Å². The van der Waals surface area contributed by atoms with E-state index in [-0.39, 0.29) is 6.04 Å². The highest BCUT2D eigenvalue weighted by molar-refractivity contribution is 7.09. The molecule has 0 radical (unpaired) electrons. The molecule has 3 rings (SSSR count). The van der Waals surface area contributed by atoms with E-state index in [1.807, 2.05) is 11.9 Å². The molecular formula is C12H17FN6OS. The summed E-state index contributed by atoms with van der Waals surface area (Å²) in [6.07, 6.45) is -0.390. The maximum absolute atomic E-state index is 13.8. The fraction of sp³-hybridized carbons (Fsp3) is 0.667. The number of hydrogen-bond acceptors (Lipinski definition) is 8. The van der Waals surface area contributed by atoms with Crippen molar-refractivity contribution < 1.29 is 8.81 Å². The molecule has 7 nitrogen and oxygen atoms in total. The molecule has 1 aliphatic rings. The van der Waals surface area contributed by atoms with Crippen LogP contribution < -0.4 is 4.90 Å². The summed E-state index contributed by atoms with van der Waals surface area (Å²) in [6, 6.07) is 0.430. The summed E-state index contributed by atoms with van der Waals surface area (Å²) in [6.45, 7) is 3.45. The molecule has 0 bridgehead atoms. The van der Waals surface area contributed by atoms with E-state index < -0.39 is 6.17 Å². The number of halogens is 1. The van der Waals surface area contributed by atoms with Crippen LogP contribution in [0.2, 0.25) is 0 Å². The Hall–Kier alpha value is -1.61. The fourth-order valence-corrected chi connectivity index (χ4v) is 3.19. The van der Waals surface area contributed by atoms with Gasteiger partial charge in [0.25, 0.3) is 0 Å². The zero-order chi connectivity index (χ0) is 14.8. The monoisotopic (exact) mass is 312 g/mol. The van der Waals surface area contributed by atoms with Gasteiger partial charge in [0.15, 0.2) is 0 Å². The van der Waals surface area contributed by atoms with Gasteiger partial charge in [-0.3, -0.25) is 4.90 Å². The highest BCUT2D eigenvalue weighted by atomic mass is 32.1. The van der Waals surface area contributed by atoms with Crippen LogP contribution in [0, 0.1) is 6.92 Å². The molecule has 21 heavy (non-hydrogen) atoms. The normalized spacial score (nSPS) is 22.4. The lowest BCUT2D eigenvalue weighted by atomic mass is 10.2. The van der Waals surface area contributed by atoms with Crippen LogP contribution in [0.1, 0.15) is 17.3 Å². The van der Waals surface area contributed by atoms with Gasteiger partial charge >= 0.3 is 6.01 Å². The number of nitrogens with zero attached hydrogens (tertiary/aromatic N) is 6. The summed E-state index contributed by atoms with van der Waals surface area (Å²) in [4.78, 5) is 3.97. The van der Waals surface area contributed by atoms with Gasteiger partial charge in [-0.2, -0.15) is 0 Å². The number of aromatic nitrogens is 4. The SMILES string of the molecule is Cc1nnc(N2C[C@@H](F)C[C@H]2CN(C)Cc2nncs2)o1. The van der Waals surface area contributed by atoms with Crippen LogP contribution in [0.15, 0.2) is 9.93 Å². The molecule has 0 saturated carbocycles. The van der Waals surface area contributed by atoms with Crippen molar-refractivity contribution in [2.75, 3.05) is 25.0 Å². The number of rotatable bonds is 5. The van der Waals surface area contributed by atoms with Gasteiger partial charge < -0.3 is 9.32 Å². The first-order valence-electron chi connectivity index (χ1n) is 6.76. The molecule has 114 valence electrons. The van der Waals surface area contributed by atoms with Crippen molar-refractivity contribution in [2.24, 2.45) is 0 Å². The predicted molar refractivity (Wildman–Crippen MR) is 75.9 cm³/mol. The minimum absolute atomic E-state index is 0.0257. The Balaban J connectivity index is 1.65. The highest BCUT2D eigenvalue weighted by Crippen LogP contribution is 2.27. The highest BCUT2D eigenvalue weighted by Gasteiger charge is 2.35. The number of anilines is 1. The molecule has 1 saturated heterocycles. The van der Waals surface area contributed by atoms with E-state index in [0.29, 0.717) is 38.0 Å². The van der Waals surface area contributed by atoms with Crippen LogP contribution in [0.4, 0.5) is 10.4 Å². The van der Waals surface area contributed by atoms with Gasteiger partial charge in [0, 0.05) is 25.9 Å². The molecule has 2 aromatic heterocycles. The lowest BCUT2D eigenvalue weighted by Crippen LogP contribution is -2.38. The molecule has 0 spiro atoms. The van der Waals surface area contributed by atoms with Crippen molar-refractivity contribution in [3.8, 4) is 0 Å². The molecule has 0 aliphatic carbocycles. The second kappa shape index (κ2) is 6.02. The van der Waals surface area contributed by atoms with E-state index in [2.05, 4.69) is 25.3 Å². The number of likely N-dealkylation sites (N-methyl/N-ethyl adjacent to an activating group) is 1. The van der Waals surface area contributed by atoms with Gasteiger partial charge in [-0.25, -0.2) is 4.39 Å². The van der Waals surface area contributed by atoms with Crippen molar-refractivity contribution in [1.29, 1.82) is 0 Å². The number of aryl methyl sites for hydroxylation is 1. The van der Waals surface area contributed by atoms with Gasteiger partial charge in [0.05, 0.1) is 13.1 Å². The van der Waals surface area contributed by atoms with Crippen molar-refractivity contribution in [3.05, 3.63) is 16.4 Å². The average molecular weight is 312 g/mol. The number of hydrogen-bond donors (Lipinski definition) is 0. The maximum Gasteiger partial charge on any atom is 0.318 e. The molecule has 0 N–H and O–H groups in total. The van der Waals surface area contributed by atoms with Crippen molar-refractivity contribution in [2.45, 2.75) is 32.1 Å². The minimum Gasteiger partial charge on any atom is -0.408 e. The standard InChI is InChI=1S/C12H17FN6OS/c1-8-15-17-12(20-8)19-4-9(13)3-10(19)5-18(2)6-11-16-14-7-21-11/h7,9-10H,3-6H2,1-2H3/t9-,10-/m0/s1. The summed E-state index contributed by atoms with van der Waals surface area (Å²) >= 11 is 1.52. The quantitative estimate of drug-likeness (QED) is 0.823. The summed E-state index contributed by atoms with van der Waals surface area (Å²) < 4.78 is 19.2. The molecular weight excluding hydrogens is 295 g/mol. The van der Waals surface area contributed by atoms with E-state index in [9.17, 15) is 4.39 Å². The molecule has 1 fully saturated rings. The van der Waals surface area contributed by atoms with E-state index in [4.69, 9.17) is 4.42 Å². The molecule has 1 aliphatic heterocycles. The third kappa shape index (κ3) is 3.35. The third-order valence-electron chi connectivity index (χ3n) is 3.46. The molecule has 3 heterocycles. The molecule has 2 atom stereocenters. The van der Waals surface area contributed by atoms with Crippen molar-refractivity contribution >= 4 is 17.4 Å². The Morgan fingerprint density at radius 3 is 3.00 bits per heavy atom. The van der Waals surface area contributed by atoms with Gasteiger partial charge in [-0.1, -0.05) is 5.10 Å². The number of alkyl halides is 1. The fourth-order valence-electron chi connectivity index (χ4n) is 2.59. The van der Waals surface area contributed by atoms with Gasteiger partial charge in [0.1, 0.15) is 16.7 Å². The second-order valence-corrected chi connectivity index (χ2v) is 6.19. The Kier molecular flexibility index (Phi) is 4.11. The first-order chi connectivity index (χ1) is 10.1. The Morgan fingerprint density at radius 1 is 1.48 bits per heavy atom. The largest absolute Gasteiger partial charge is 0.408 e. The van der Waals surface area contributed by atoms with Crippen LogP contribution in [-0.4, -0.2) is 57.6 Å². The maximum atomic E-state index is 13.8. The molecule has 0 amide bonds. The zero-order valence-electron chi connectivity index (χ0n) is 11.9. The lowest BCUT2D eigenvalue weighted by molar-refractivity contribution is 0.287. The van der Waals surface area contributed by atoms with Crippen LogP contribution in [-0.2, 0) is 6.54 Å². The summed E-state index contributed by atoms with van der Waals surface area (Å²) in [5.41, 5.74) is 1.71. The lowest BCUT2D eigenvalue weighted by Gasteiger charge is -2.26. The predicted octanol–water partition coefficient (Wildman–Crippen LogP) is 1.28. The van der Waals surface area contributed by atoms with Gasteiger partial charge in [-0.05, 0) is 7.05 Å². The minimum atomic E-state index is -0.864. The summed E-state index contributed by atoms with van der Waals surface area (Å²) in [5.74, 6) is 0.494. The van der Waals surface area contributed by atoms with Crippen molar-refractivity contribution in [3.63, 3.8) is 0 Å². The van der Waals surface area contributed by atoms with Crippen LogP contribution >= 0.6 is 11.3 Å². The molecule has 2 aromatic rings. The molecule has 0 aromatic carbocycles. The Labute approximate surface area is 125 Å². The van der Waals surface area contributed by atoms with Crippen LogP contribution in [0.5, 0.6) is 0 Å². The smallest absolute Gasteiger partial charge is 0.318 e. The third-order valence-corrected chi connectivity index (χ3v) is 4.14. The van der Waals surface area contributed by atoms with Gasteiger partial charge in [-0.15, -0.1) is 26.6 Å². The van der Waals surface area contributed by atoms with E-state index in [1.54, 1.807) is 12.4 Å². The second-order valence-electron chi connectivity index (χ2n) is 5.27. The zero-order valence-corrected chi connectivity index (χ0v) is 12.8. The first kappa shape index (κ1) is 14.3. The Bertz CT molecular complexity index is 576. The Morgan fingerprint density at radius 2 is 2.33 bits per heavy atom. The molecule has 0 unspecified atom stereocenters. The van der Waals surface area contributed by atoms with Crippen LogP contribution in [0.25, 0.3) is 0 Å². The first-order valence-corrected chi connectivity index (χ1v) is 7.64.